The molecule has 1 radical (unpaired) electrons. The molecule has 5 nitrogen and oxygen atoms in total. The fourth-order valence-corrected chi connectivity index (χ4v) is 1.11. The van der Waals surface area contributed by atoms with Crippen molar-refractivity contribution in [1.29, 1.82) is 0 Å². The number of hydrogen-bond acceptors (Lipinski definition) is 4. The van der Waals surface area contributed by atoms with E-state index in [0.29, 0.717) is 11.8 Å². The minimum absolute atomic E-state index is 0. The number of unbranched alkanes of at least 4 members (excludes halogenated alkanes) is 2. The molecule has 0 fully saturated rings. The average molecular weight is 296 g/mol. The first-order valence-corrected chi connectivity index (χ1v) is 5.36. The Hall–Kier alpha value is -0.0656. The van der Waals surface area contributed by atoms with E-state index in [1.54, 1.807) is 0 Å². The van der Waals surface area contributed by atoms with Gasteiger partial charge in [-0.3, -0.25) is 4.79 Å². The summed E-state index contributed by atoms with van der Waals surface area (Å²) < 4.78 is 0. The van der Waals surface area contributed by atoms with Crippen LogP contribution < -0.4 is 10.0 Å². The molecule has 0 heterocycles. The summed E-state index contributed by atoms with van der Waals surface area (Å²) in [6, 6.07) is 0. The Morgan fingerprint density at radius 3 is 1.88 bits per heavy atom. The van der Waals surface area contributed by atoms with Gasteiger partial charge in [0.1, 0.15) is 0 Å². The molecule has 17 heavy (non-hydrogen) atoms. The van der Waals surface area contributed by atoms with E-state index in [2.05, 4.69) is 20.8 Å². The summed E-state index contributed by atoms with van der Waals surface area (Å²) in [5, 5.41) is 32.4. The maximum Gasteiger partial charge on any atom is 2.00 e. The first kappa shape index (κ1) is 22.1. The van der Waals surface area contributed by atoms with Gasteiger partial charge in [-0.05, 0) is 18.3 Å². The smallest absolute Gasteiger partial charge is 0.871 e. The van der Waals surface area contributed by atoms with Crippen LogP contribution in [0.15, 0.2) is 0 Å². The third-order valence-corrected chi connectivity index (χ3v) is 1.82. The van der Waals surface area contributed by atoms with E-state index in [0.717, 1.165) is 19.3 Å². The van der Waals surface area contributed by atoms with Gasteiger partial charge in [0.25, 0.3) is 0 Å². The Bertz CT molecular complexity index is 179. The Morgan fingerprint density at radius 1 is 1.18 bits per heavy atom. The van der Waals surface area contributed by atoms with Crippen LogP contribution in [-0.4, -0.2) is 23.4 Å². The number of hydrogen-bond donors (Lipinski definition) is 2. The maximum atomic E-state index is 10.2. The summed E-state index contributed by atoms with van der Waals surface area (Å²) >= 11 is 0. The Labute approximate surface area is 114 Å². The Morgan fingerprint density at radius 2 is 1.59 bits per heavy atom. The van der Waals surface area contributed by atoms with E-state index >= 15 is 0 Å². The zero-order valence-corrected chi connectivity index (χ0v) is 11.5. The zero-order chi connectivity index (χ0) is 13.2. The van der Waals surface area contributed by atoms with Crippen molar-refractivity contribution in [3.63, 3.8) is 0 Å². The summed E-state index contributed by atoms with van der Waals surface area (Å²) in [6.45, 7) is 6.64. The number of aliphatic carboxylic acids is 1. The summed E-state index contributed by atoms with van der Waals surface area (Å²) in [5.41, 5.74) is 0.392. The van der Waals surface area contributed by atoms with Crippen LogP contribution in [0.3, 0.4) is 0 Å². The standard InChI is InChI=1S/C10H20O2.BHO3.Cu/c1-10(2,3)8-6-4-5-7-9(11)12;2-1(3)4;/h4-8H2,1-3H3,(H,11,12);2H;/q;-2;+2. The maximum absolute atomic E-state index is 10.2. The minimum Gasteiger partial charge on any atom is -0.871 e. The Balaban J connectivity index is -0.000000340. The van der Waals surface area contributed by atoms with Crippen LogP contribution >= 0.6 is 0 Å². The predicted octanol–water partition coefficient (Wildman–Crippen LogP) is -0.251. The topological polar surface area (TPSA) is 104 Å². The number of carboxylic acids is 1. The van der Waals surface area contributed by atoms with Crippen LogP contribution in [0.5, 0.6) is 0 Å². The quantitative estimate of drug-likeness (QED) is 0.538. The van der Waals surface area contributed by atoms with Gasteiger partial charge >= 0.3 is 23.0 Å². The number of carboxylic acid groups (broad SMARTS) is 1. The van der Waals surface area contributed by atoms with Gasteiger partial charge in [0, 0.05) is 6.42 Å². The van der Waals surface area contributed by atoms with Crippen molar-refractivity contribution >= 4 is 13.3 Å². The largest absolute Gasteiger partial charge is 2.00 e. The molecule has 0 atom stereocenters. The van der Waals surface area contributed by atoms with Crippen molar-refractivity contribution in [1.82, 2.24) is 0 Å². The van der Waals surface area contributed by atoms with Gasteiger partial charge in [-0.15, -0.1) is 0 Å². The van der Waals surface area contributed by atoms with Gasteiger partial charge in [0.05, 0.1) is 7.32 Å². The zero-order valence-electron chi connectivity index (χ0n) is 10.5. The molecule has 0 bridgehead atoms. The first-order valence-electron chi connectivity index (χ1n) is 5.36. The van der Waals surface area contributed by atoms with E-state index in [-0.39, 0.29) is 17.1 Å². The summed E-state index contributed by atoms with van der Waals surface area (Å²) in [6.07, 6.45) is 4.53. The summed E-state index contributed by atoms with van der Waals surface area (Å²) in [4.78, 5) is 10.2. The van der Waals surface area contributed by atoms with Crippen LogP contribution in [0.25, 0.3) is 0 Å². The molecule has 0 spiro atoms. The normalized spacial score (nSPS) is 9.76. The fourth-order valence-electron chi connectivity index (χ4n) is 1.11. The molecular weight excluding hydrogens is 274 g/mol. The predicted molar refractivity (Wildman–Crippen MR) is 58.1 cm³/mol. The molecule has 0 rings (SSSR count). The molecule has 0 saturated carbocycles. The van der Waals surface area contributed by atoms with E-state index in [4.69, 9.17) is 20.2 Å². The van der Waals surface area contributed by atoms with Gasteiger partial charge in [-0.25, -0.2) is 0 Å². The molecule has 0 aliphatic heterocycles. The van der Waals surface area contributed by atoms with E-state index in [1.165, 1.54) is 6.42 Å². The second-order valence-electron chi connectivity index (χ2n) is 4.82. The van der Waals surface area contributed by atoms with Crippen molar-refractivity contribution < 1.29 is 42.0 Å². The number of rotatable bonds is 5. The molecule has 0 aromatic rings. The molecule has 2 N–H and O–H groups in total. The van der Waals surface area contributed by atoms with Gasteiger partial charge in [0.15, 0.2) is 0 Å². The second-order valence-corrected chi connectivity index (χ2v) is 4.82. The van der Waals surface area contributed by atoms with Crippen LogP contribution in [0.4, 0.5) is 0 Å². The molecule has 0 amide bonds. The van der Waals surface area contributed by atoms with Gasteiger partial charge < -0.3 is 20.2 Å². The summed E-state index contributed by atoms with van der Waals surface area (Å²) in [7, 11) is -2.67. The van der Waals surface area contributed by atoms with Crippen LogP contribution in [0.2, 0.25) is 0 Å². The van der Waals surface area contributed by atoms with Gasteiger partial charge in [0.2, 0.25) is 0 Å². The Kier molecular flexibility index (Phi) is 16.1. The first-order chi connectivity index (χ1) is 7.15. The third kappa shape index (κ3) is 38.8. The van der Waals surface area contributed by atoms with Crippen molar-refractivity contribution in [2.75, 3.05) is 0 Å². The van der Waals surface area contributed by atoms with E-state index in [9.17, 15) is 4.79 Å². The monoisotopic (exact) mass is 295 g/mol. The van der Waals surface area contributed by atoms with Gasteiger partial charge in [-0.2, -0.15) is 0 Å². The fraction of sp³-hybridized carbons (Fsp3) is 0.900. The number of carbonyl (C=O) groups is 1. The van der Waals surface area contributed by atoms with Crippen LogP contribution in [-0.2, 0) is 21.9 Å². The van der Waals surface area contributed by atoms with Crippen molar-refractivity contribution in [3.05, 3.63) is 0 Å². The molecule has 0 aliphatic rings. The van der Waals surface area contributed by atoms with Crippen molar-refractivity contribution in [2.24, 2.45) is 5.41 Å². The average Bonchev–Trinajstić information content (AvgIpc) is 1.99. The van der Waals surface area contributed by atoms with E-state index < -0.39 is 13.3 Å². The summed E-state index contributed by atoms with van der Waals surface area (Å²) in [5.74, 6) is -0.675. The van der Waals surface area contributed by atoms with Crippen molar-refractivity contribution in [2.45, 2.75) is 52.9 Å². The SMILES string of the molecule is CC(C)(C)CCCCCC(=O)O.[Cu+2].[O-]B([O-])O. The van der Waals surface area contributed by atoms with Gasteiger partial charge in [-0.1, -0.05) is 33.6 Å². The molecule has 0 saturated heterocycles. The molecule has 0 aliphatic carbocycles. The third-order valence-electron chi connectivity index (χ3n) is 1.82. The molecule has 7 heteroatoms. The van der Waals surface area contributed by atoms with E-state index in [1.807, 2.05) is 0 Å². The van der Waals surface area contributed by atoms with Crippen molar-refractivity contribution in [3.8, 4) is 0 Å². The van der Waals surface area contributed by atoms with Crippen LogP contribution in [0, 0.1) is 5.41 Å². The minimum atomic E-state index is -2.67. The molecule has 0 unspecified atom stereocenters. The van der Waals surface area contributed by atoms with Crippen LogP contribution in [0.1, 0.15) is 52.9 Å². The molecule has 0 aromatic carbocycles. The molecular formula is C10H21BCuO5. The molecule has 0 aromatic heterocycles. The second kappa shape index (κ2) is 12.4. The molecule has 105 valence electrons.